The molecule has 0 radical (unpaired) electrons. The molecule has 1 unspecified atom stereocenters. The minimum absolute atomic E-state index is 0.0654. The first-order valence-corrected chi connectivity index (χ1v) is 10.7. The van der Waals surface area contributed by atoms with E-state index in [1.54, 1.807) is 6.07 Å². The van der Waals surface area contributed by atoms with Crippen LogP contribution in [0, 0.1) is 0 Å². The highest BCUT2D eigenvalue weighted by Crippen LogP contribution is 2.37. The molecule has 148 valence electrons. The molecule has 1 aromatic carbocycles. The summed E-state index contributed by atoms with van der Waals surface area (Å²) in [6, 6.07) is 5.47. The molecule has 0 bridgehead atoms. The lowest BCUT2D eigenvalue weighted by Crippen LogP contribution is -2.37. The Hall–Kier alpha value is -1.22. The average Bonchev–Trinajstić information content (AvgIpc) is 2.61. The second-order valence-electron chi connectivity index (χ2n) is 8.37. The highest BCUT2D eigenvalue weighted by molar-refractivity contribution is 5.41. The number of hydrogen-bond acceptors (Lipinski definition) is 3. The zero-order valence-electron chi connectivity index (χ0n) is 17.2. The van der Waals surface area contributed by atoms with Crippen LogP contribution in [0.25, 0.3) is 0 Å². The van der Waals surface area contributed by atoms with Gasteiger partial charge in [0.1, 0.15) is 17.1 Å². The Morgan fingerprint density at radius 3 is 2.50 bits per heavy atom. The van der Waals surface area contributed by atoms with Crippen molar-refractivity contribution in [3.05, 3.63) is 23.8 Å². The Balaban J connectivity index is 1.59. The van der Waals surface area contributed by atoms with Crippen molar-refractivity contribution in [1.29, 1.82) is 0 Å². The third-order valence-electron chi connectivity index (χ3n) is 5.71. The maximum absolute atomic E-state index is 9.60. The number of ether oxygens (including phenoxy) is 1. The molecule has 3 nitrogen and oxygen atoms in total. The van der Waals surface area contributed by atoms with E-state index in [0.29, 0.717) is 5.75 Å². The average molecular weight is 362 g/mol. The number of hydrogen-bond donors (Lipinski definition) is 1. The second kappa shape index (κ2) is 10.8. The number of aromatic hydroxyl groups is 1. The van der Waals surface area contributed by atoms with Crippen LogP contribution in [0.3, 0.4) is 0 Å². The number of phenols is 1. The topological polar surface area (TPSA) is 32.7 Å². The van der Waals surface area contributed by atoms with Gasteiger partial charge in [-0.15, -0.1) is 0 Å². The van der Waals surface area contributed by atoms with Crippen LogP contribution in [0.5, 0.6) is 11.5 Å². The first kappa shape index (κ1) is 21.1. The fourth-order valence-corrected chi connectivity index (χ4v) is 3.93. The second-order valence-corrected chi connectivity index (χ2v) is 8.37. The summed E-state index contributed by atoms with van der Waals surface area (Å²) in [6.45, 7) is 6.88. The molecule has 1 atom stereocenters. The van der Waals surface area contributed by atoms with Crippen LogP contribution in [-0.4, -0.2) is 35.7 Å². The van der Waals surface area contributed by atoms with Crippen LogP contribution in [0.15, 0.2) is 18.2 Å². The lowest BCUT2D eigenvalue weighted by Gasteiger charge is -2.36. The van der Waals surface area contributed by atoms with Crippen molar-refractivity contribution >= 4 is 0 Å². The number of aryl methyl sites for hydroxylation is 1. The zero-order valence-corrected chi connectivity index (χ0v) is 17.2. The Bertz CT molecular complexity index is 531. The molecule has 1 heterocycles. The van der Waals surface area contributed by atoms with Crippen molar-refractivity contribution in [2.45, 2.75) is 90.1 Å². The SMILES string of the molecule is CCCCCCCCCN(C)CCCC1(C)CCc2cc(O)ccc2O1. The van der Waals surface area contributed by atoms with E-state index >= 15 is 0 Å². The summed E-state index contributed by atoms with van der Waals surface area (Å²) in [7, 11) is 2.25. The summed E-state index contributed by atoms with van der Waals surface area (Å²) in [5, 5.41) is 9.60. The summed E-state index contributed by atoms with van der Waals surface area (Å²) >= 11 is 0. The third kappa shape index (κ3) is 7.19. The molecular weight excluding hydrogens is 322 g/mol. The van der Waals surface area contributed by atoms with Gasteiger partial charge in [-0.25, -0.2) is 0 Å². The molecule has 0 fully saturated rings. The molecule has 0 saturated heterocycles. The van der Waals surface area contributed by atoms with Crippen LogP contribution in [0.1, 0.15) is 83.6 Å². The third-order valence-corrected chi connectivity index (χ3v) is 5.71. The van der Waals surface area contributed by atoms with E-state index in [4.69, 9.17) is 4.74 Å². The van der Waals surface area contributed by atoms with Gasteiger partial charge in [0.25, 0.3) is 0 Å². The Morgan fingerprint density at radius 2 is 1.73 bits per heavy atom. The summed E-state index contributed by atoms with van der Waals surface area (Å²) in [6.07, 6.45) is 13.9. The van der Waals surface area contributed by atoms with Crippen LogP contribution < -0.4 is 4.74 Å². The van der Waals surface area contributed by atoms with E-state index in [9.17, 15) is 5.11 Å². The van der Waals surface area contributed by atoms with Gasteiger partial charge >= 0.3 is 0 Å². The van der Waals surface area contributed by atoms with Gasteiger partial charge in [-0.3, -0.25) is 0 Å². The molecule has 0 saturated carbocycles. The van der Waals surface area contributed by atoms with Gasteiger partial charge in [0.2, 0.25) is 0 Å². The highest BCUT2D eigenvalue weighted by atomic mass is 16.5. The minimum Gasteiger partial charge on any atom is -0.508 e. The van der Waals surface area contributed by atoms with Crippen molar-refractivity contribution < 1.29 is 9.84 Å². The Kier molecular flexibility index (Phi) is 8.77. The molecule has 2 rings (SSSR count). The van der Waals surface area contributed by atoms with Crippen molar-refractivity contribution in [1.82, 2.24) is 4.90 Å². The number of rotatable bonds is 12. The molecule has 1 aromatic rings. The van der Waals surface area contributed by atoms with Crippen LogP contribution in [-0.2, 0) is 6.42 Å². The van der Waals surface area contributed by atoms with Crippen LogP contribution in [0.4, 0.5) is 0 Å². The lowest BCUT2D eigenvalue weighted by atomic mass is 9.88. The fraction of sp³-hybridized carbons (Fsp3) is 0.739. The van der Waals surface area contributed by atoms with Gasteiger partial charge in [-0.1, -0.05) is 45.4 Å². The van der Waals surface area contributed by atoms with Crippen molar-refractivity contribution in [3.8, 4) is 11.5 Å². The molecule has 0 spiro atoms. The maximum atomic E-state index is 9.60. The van der Waals surface area contributed by atoms with E-state index in [-0.39, 0.29) is 5.60 Å². The van der Waals surface area contributed by atoms with E-state index in [1.807, 2.05) is 12.1 Å². The largest absolute Gasteiger partial charge is 0.508 e. The summed E-state index contributed by atoms with van der Waals surface area (Å²) in [4.78, 5) is 2.48. The van der Waals surface area contributed by atoms with Crippen LogP contribution in [0.2, 0.25) is 0 Å². The van der Waals surface area contributed by atoms with Crippen molar-refractivity contribution in [2.24, 2.45) is 0 Å². The first-order chi connectivity index (χ1) is 12.5. The number of benzene rings is 1. The number of unbranched alkanes of at least 4 members (excludes halogenated alkanes) is 6. The molecule has 0 aromatic heterocycles. The van der Waals surface area contributed by atoms with Crippen molar-refractivity contribution in [2.75, 3.05) is 20.1 Å². The smallest absolute Gasteiger partial charge is 0.123 e. The molecule has 1 aliphatic rings. The van der Waals surface area contributed by atoms with E-state index in [0.717, 1.165) is 37.1 Å². The minimum atomic E-state index is -0.0654. The monoisotopic (exact) mass is 361 g/mol. The summed E-state index contributed by atoms with van der Waals surface area (Å²) < 4.78 is 6.27. The molecule has 1 N–H and O–H groups in total. The van der Waals surface area contributed by atoms with Gasteiger partial charge in [0.05, 0.1) is 0 Å². The molecule has 0 amide bonds. The van der Waals surface area contributed by atoms with E-state index in [1.165, 1.54) is 57.9 Å². The lowest BCUT2D eigenvalue weighted by molar-refractivity contribution is 0.0515. The summed E-state index contributed by atoms with van der Waals surface area (Å²) in [5.41, 5.74) is 1.07. The first-order valence-electron chi connectivity index (χ1n) is 10.7. The summed E-state index contributed by atoms with van der Waals surface area (Å²) in [5.74, 6) is 1.29. The Morgan fingerprint density at radius 1 is 1.04 bits per heavy atom. The standard InChI is InChI=1S/C23H39NO2/c1-4-5-6-7-8-9-10-17-24(3)18-11-15-23(2)16-14-20-19-21(25)12-13-22(20)26-23/h12-13,19,25H,4-11,14-18H2,1-3H3. The molecule has 1 aliphatic heterocycles. The van der Waals surface area contributed by atoms with Gasteiger partial charge in [0.15, 0.2) is 0 Å². The normalized spacial score (nSPS) is 19.4. The van der Waals surface area contributed by atoms with Crippen LogP contribution >= 0.6 is 0 Å². The van der Waals surface area contributed by atoms with Gasteiger partial charge in [-0.2, -0.15) is 0 Å². The molecule has 3 heteroatoms. The molecule has 26 heavy (non-hydrogen) atoms. The molecule has 0 aliphatic carbocycles. The zero-order chi connectivity index (χ0) is 18.8. The van der Waals surface area contributed by atoms with Crippen molar-refractivity contribution in [3.63, 3.8) is 0 Å². The maximum Gasteiger partial charge on any atom is 0.123 e. The fourth-order valence-electron chi connectivity index (χ4n) is 3.93. The van der Waals surface area contributed by atoms with Gasteiger partial charge in [0, 0.05) is 0 Å². The number of fused-ring (bicyclic) bond motifs is 1. The van der Waals surface area contributed by atoms with E-state index < -0.39 is 0 Å². The van der Waals surface area contributed by atoms with E-state index in [2.05, 4.69) is 25.8 Å². The van der Waals surface area contributed by atoms with Gasteiger partial charge < -0.3 is 14.7 Å². The quantitative estimate of drug-likeness (QED) is 0.468. The predicted molar refractivity (Wildman–Crippen MR) is 110 cm³/mol. The highest BCUT2D eigenvalue weighted by Gasteiger charge is 2.31. The number of phenolic OH excluding ortho intramolecular Hbond substituents is 1. The molecular formula is C23H39NO2. The predicted octanol–water partition coefficient (Wildman–Crippen LogP) is 5.94. The van der Waals surface area contributed by atoms with Gasteiger partial charge in [-0.05, 0) is 82.9 Å². The Labute approximate surface area is 160 Å². The number of nitrogens with zero attached hydrogens (tertiary/aromatic N) is 1.